The number of piperazine rings is 1. The van der Waals surface area contributed by atoms with Crippen molar-refractivity contribution in [3.63, 3.8) is 0 Å². The van der Waals surface area contributed by atoms with Crippen LogP contribution in [0.4, 0.5) is 32.6 Å². The van der Waals surface area contributed by atoms with Gasteiger partial charge in [0, 0.05) is 73.6 Å². The fourth-order valence-corrected chi connectivity index (χ4v) is 7.95. The summed E-state index contributed by atoms with van der Waals surface area (Å²) in [6, 6.07) is 10.3. The number of aliphatic hydroxyl groups is 1. The Morgan fingerprint density at radius 3 is 2.13 bits per heavy atom. The van der Waals surface area contributed by atoms with Gasteiger partial charge in [-0.2, -0.15) is 13.2 Å². The highest BCUT2D eigenvalue weighted by Crippen LogP contribution is 2.41. The summed E-state index contributed by atoms with van der Waals surface area (Å²) < 4.78 is 87.2. The molecule has 0 saturated carbocycles. The van der Waals surface area contributed by atoms with E-state index in [1.165, 1.54) is 19.8 Å². The Bertz CT molecular complexity index is 2170. The number of aliphatic hydroxyl groups excluding tert-OH is 1. The number of nitrogens with one attached hydrogen (secondary N) is 5. The van der Waals surface area contributed by atoms with E-state index in [0.29, 0.717) is 34.8 Å². The third kappa shape index (κ3) is 11.3. The van der Waals surface area contributed by atoms with E-state index >= 15 is 0 Å². The molecular weight excluding hydrogens is 832 g/mol. The van der Waals surface area contributed by atoms with Gasteiger partial charge in [-0.15, -0.1) is 0 Å². The van der Waals surface area contributed by atoms with Gasteiger partial charge >= 0.3 is 12.3 Å². The van der Waals surface area contributed by atoms with Crippen LogP contribution in [0.3, 0.4) is 0 Å². The molecule has 2 amide bonds. The predicted octanol–water partition coefficient (Wildman–Crippen LogP) is 4.64. The van der Waals surface area contributed by atoms with Crippen LogP contribution >= 0.6 is 0 Å². The third-order valence-electron chi connectivity index (χ3n) is 11.7. The maximum Gasteiger partial charge on any atom is 0.407 e. The van der Waals surface area contributed by atoms with Gasteiger partial charge in [0.15, 0.2) is 5.90 Å². The maximum absolute atomic E-state index is 15.0. The SMILES string of the molecule is COC(=O)N[C@H](C(=O)N[C@@H](Cc1ccc(C#Cc2ccc(N3CC4CCC(C3)N4C3COC3)nc2)cc1)[C@@H](O)CNCc1c(F)cc(C(=N)OC(C)=N)cc1F)C(C)(C)C(F)(F)F. The Balaban J connectivity index is 1.13. The summed E-state index contributed by atoms with van der Waals surface area (Å²) in [4.78, 5) is 35.4. The smallest absolute Gasteiger partial charge is 0.407 e. The minimum atomic E-state index is -4.96. The molecule has 3 fully saturated rings. The second-order valence-electron chi connectivity index (χ2n) is 16.5. The number of rotatable bonds is 14. The molecule has 5 atom stereocenters. The van der Waals surface area contributed by atoms with Gasteiger partial charge in [-0.3, -0.25) is 20.5 Å². The maximum atomic E-state index is 15.0. The Kier molecular flexibility index (Phi) is 14.7. The van der Waals surface area contributed by atoms with Crippen LogP contribution in [-0.4, -0.2) is 121 Å². The zero-order chi connectivity index (χ0) is 45.6. The Hall–Kier alpha value is -5.68. The Morgan fingerprint density at radius 2 is 1.59 bits per heavy atom. The van der Waals surface area contributed by atoms with Crippen molar-refractivity contribution in [1.82, 2.24) is 25.8 Å². The average Bonchev–Trinajstić information content (AvgIpc) is 3.44. The fourth-order valence-electron chi connectivity index (χ4n) is 7.95. The van der Waals surface area contributed by atoms with Crippen molar-refractivity contribution in [1.29, 1.82) is 10.8 Å². The minimum Gasteiger partial charge on any atom is -0.453 e. The van der Waals surface area contributed by atoms with Gasteiger partial charge in [-0.05, 0) is 75.1 Å². The number of benzene rings is 2. The lowest BCUT2D eigenvalue weighted by Gasteiger charge is -2.47. The first kappa shape index (κ1) is 46.8. The summed E-state index contributed by atoms with van der Waals surface area (Å²) in [5.74, 6) is 2.73. The molecule has 3 aliphatic heterocycles. The van der Waals surface area contributed by atoms with Gasteiger partial charge in [0.2, 0.25) is 11.8 Å². The minimum absolute atomic E-state index is 0.124. The molecular formula is C44H51F5N8O6. The summed E-state index contributed by atoms with van der Waals surface area (Å²) >= 11 is 0. The van der Waals surface area contributed by atoms with Crippen molar-refractivity contribution < 1.29 is 50.9 Å². The number of nitrogens with zero attached hydrogens (tertiary/aromatic N) is 3. The van der Waals surface area contributed by atoms with Crippen LogP contribution < -0.4 is 20.9 Å². The van der Waals surface area contributed by atoms with Gasteiger partial charge < -0.3 is 40.2 Å². The van der Waals surface area contributed by atoms with Gasteiger partial charge in [-0.25, -0.2) is 18.6 Å². The molecule has 2 aromatic carbocycles. The van der Waals surface area contributed by atoms with Crippen molar-refractivity contribution in [3.8, 4) is 11.8 Å². The number of pyridine rings is 1. The molecule has 3 aliphatic rings. The molecule has 6 N–H and O–H groups in total. The Morgan fingerprint density at radius 1 is 0.968 bits per heavy atom. The lowest BCUT2D eigenvalue weighted by atomic mass is 9.82. The van der Waals surface area contributed by atoms with Gasteiger partial charge in [0.05, 0.1) is 43.9 Å². The van der Waals surface area contributed by atoms with E-state index in [-0.39, 0.29) is 17.9 Å². The quantitative estimate of drug-likeness (QED) is 0.0577. The summed E-state index contributed by atoms with van der Waals surface area (Å²) in [5.41, 5.74) is -1.64. The van der Waals surface area contributed by atoms with Gasteiger partial charge in [0.1, 0.15) is 23.5 Å². The lowest BCUT2D eigenvalue weighted by Crippen LogP contribution is -2.62. The summed E-state index contributed by atoms with van der Waals surface area (Å²) in [6.45, 7) is 5.27. The van der Waals surface area contributed by atoms with E-state index < -0.39 is 78.0 Å². The van der Waals surface area contributed by atoms with Gasteiger partial charge in [0.25, 0.3) is 0 Å². The highest BCUT2D eigenvalue weighted by atomic mass is 19.4. The number of halogens is 5. The van der Waals surface area contributed by atoms with Crippen LogP contribution in [0.1, 0.15) is 61.4 Å². The van der Waals surface area contributed by atoms with Crippen molar-refractivity contribution in [2.24, 2.45) is 5.41 Å². The van der Waals surface area contributed by atoms with Crippen LogP contribution in [0.2, 0.25) is 0 Å². The first-order valence-corrected chi connectivity index (χ1v) is 20.4. The van der Waals surface area contributed by atoms with E-state index in [9.17, 15) is 36.6 Å². The van der Waals surface area contributed by atoms with E-state index in [1.807, 2.05) is 17.4 Å². The van der Waals surface area contributed by atoms with Crippen LogP contribution in [0.15, 0.2) is 54.7 Å². The largest absolute Gasteiger partial charge is 0.453 e. The van der Waals surface area contributed by atoms with Crippen LogP contribution in [0, 0.1) is 39.7 Å². The summed E-state index contributed by atoms with van der Waals surface area (Å²) in [7, 11) is 0.927. The van der Waals surface area contributed by atoms with Crippen molar-refractivity contribution >= 4 is 29.6 Å². The normalized spacial score (nSPS) is 19.2. The first-order chi connectivity index (χ1) is 29.8. The van der Waals surface area contributed by atoms with Crippen LogP contribution in [-0.2, 0) is 32.0 Å². The fraction of sp³-hybridized carbons (Fsp3) is 0.477. The zero-order valence-electron chi connectivity index (χ0n) is 35.2. The van der Waals surface area contributed by atoms with Crippen molar-refractivity contribution in [3.05, 3.63) is 94.2 Å². The standard InChI is InChI=1S/C44H51F5N8O6/c1-25(50)63-40(51)29-16-34(45)33(35(46)17-29)19-52-20-37(58)36(54-41(59)39(55-42(60)61-4)43(2,3)44(47,48)49)15-27-8-5-26(6-9-27)7-10-28-11-14-38(53-18-28)56-21-30-12-13-31(22-56)57(30)32-23-62-24-32/h5-6,8-9,11,14,16-18,30-32,36-37,39,50-52,58H,12-13,15,19-24H2,1-4H3,(H,54,59)(H,55,60)/t30?,31?,36-,37-,39+/m0/s1. The average molecular weight is 883 g/mol. The molecule has 1 aromatic heterocycles. The zero-order valence-corrected chi connectivity index (χ0v) is 35.2. The number of carbonyl (C=O) groups excluding carboxylic acids is 2. The number of ether oxygens (including phenoxy) is 3. The molecule has 0 spiro atoms. The van der Waals surface area contributed by atoms with E-state index in [1.54, 1.807) is 30.5 Å². The number of hydrogen-bond donors (Lipinski definition) is 6. The molecule has 2 bridgehead atoms. The summed E-state index contributed by atoms with van der Waals surface area (Å²) in [5, 5.41) is 33.6. The molecule has 63 heavy (non-hydrogen) atoms. The molecule has 19 heteroatoms. The van der Waals surface area contributed by atoms with E-state index in [2.05, 4.69) is 37.0 Å². The molecule has 0 aliphatic carbocycles. The lowest BCUT2D eigenvalue weighted by molar-refractivity contribution is -0.220. The number of alkyl halides is 3. The molecule has 0 radical (unpaired) electrons. The number of alkyl carbamates (subject to hydrolysis) is 1. The molecule has 14 nitrogen and oxygen atoms in total. The number of methoxy groups -OCH3 is 1. The molecule has 6 rings (SSSR count). The second kappa shape index (κ2) is 19.8. The topological polar surface area (TPSA) is 185 Å². The molecule has 3 aromatic rings. The van der Waals surface area contributed by atoms with Gasteiger partial charge in [-0.1, -0.05) is 24.0 Å². The highest BCUT2D eigenvalue weighted by Gasteiger charge is 2.56. The third-order valence-corrected chi connectivity index (χ3v) is 11.7. The predicted molar refractivity (Wildman–Crippen MR) is 222 cm³/mol. The number of fused-ring (bicyclic) bond motifs is 2. The monoisotopic (exact) mass is 882 g/mol. The van der Waals surface area contributed by atoms with Crippen molar-refractivity contribution in [2.45, 2.75) is 89.1 Å². The number of carbonyl (C=O) groups is 2. The number of amides is 2. The van der Waals surface area contributed by atoms with Crippen molar-refractivity contribution in [2.75, 3.05) is 44.9 Å². The molecule has 2 unspecified atom stereocenters. The van der Waals surface area contributed by atoms with E-state index in [0.717, 1.165) is 65.2 Å². The number of anilines is 1. The first-order valence-electron chi connectivity index (χ1n) is 20.4. The highest BCUT2D eigenvalue weighted by molar-refractivity contribution is 5.98. The van der Waals surface area contributed by atoms with E-state index in [4.69, 9.17) is 25.3 Å². The van der Waals surface area contributed by atoms with Crippen LogP contribution in [0.5, 0.6) is 0 Å². The second-order valence-corrected chi connectivity index (χ2v) is 16.5. The Labute approximate surface area is 361 Å². The summed E-state index contributed by atoms with van der Waals surface area (Å²) in [6.07, 6.45) is -3.86. The number of hydrogen-bond acceptors (Lipinski definition) is 12. The molecule has 3 saturated heterocycles. The van der Waals surface area contributed by atoms with Crippen LogP contribution in [0.25, 0.3) is 0 Å². The number of aromatic nitrogens is 1. The molecule has 338 valence electrons. The molecule has 4 heterocycles.